The predicted octanol–water partition coefficient (Wildman–Crippen LogP) is 5.85. The maximum atomic E-state index is 14.3. The summed E-state index contributed by atoms with van der Waals surface area (Å²) in [6, 6.07) is -1.09. The van der Waals surface area contributed by atoms with E-state index in [0.29, 0.717) is 44.2 Å². The molecule has 3 aliphatic heterocycles. The van der Waals surface area contributed by atoms with Gasteiger partial charge in [-0.2, -0.15) is 0 Å². The van der Waals surface area contributed by atoms with Crippen LogP contribution in [-0.2, 0) is 33.3 Å². The molecule has 316 valence electrons. The predicted molar refractivity (Wildman–Crippen MR) is 214 cm³/mol. The number of fused-ring (bicyclic) bond motifs is 3. The second-order valence-corrected chi connectivity index (χ2v) is 17.3. The van der Waals surface area contributed by atoms with Gasteiger partial charge in [-0.15, -0.1) is 0 Å². The van der Waals surface area contributed by atoms with Gasteiger partial charge < -0.3 is 44.6 Å². The number of piperidine rings is 1. The zero-order valence-corrected chi connectivity index (χ0v) is 35.1. The fourth-order valence-electron chi connectivity index (χ4n) is 9.29. The normalized spacial score (nSPS) is 40.4. The first kappa shape index (κ1) is 46.0. The second-order valence-electron chi connectivity index (χ2n) is 17.3. The number of amides is 1. The number of carbonyl (C=O) groups is 3. The minimum absolute atomic E-state index is 0.0479. The summed E-state index contributed by atoms with van der Waals surface area (Å²) in [6.07, 6.45) is 10.3. The summed E-state index contributed by atoms with van der Waals surface area (Å²) in [5, 5.41) is 43.1. The van der Waals surface area contributed by atoms with Crippen molar-refractivity contribution >= 4 is 23.4 Å². The third kappa shape index (κ3) is 11.3. The lowest BCUT2D eigenvalue weighted by molar-refractivity contribution is -0.302. The van der Waals surface area contributed by atoms with Gasteiger partial charge in [-0.1, -0.05) is 52.0 Å². The molecule has 0 radical (unpaired) electrons. The van der Waals surface area contributed by atoms with Crippen molar-refractivity contribution in [2.24, 2.45) is 29.6 Å². The van der Waals surface area contributed by atoms with Gasteiger partial charge in [0.2, 0.25) is 5.79 Å². The van der Waals surface area contributed by atoms with Crippen molar-refractivity contribution in [1.29, 1.82) is 5.41 Å². The van der Waals surface area contributed by atoms with Crippen LogP contribution in [0.1, 0.15) is 119 Å². The first-order chi connectivity index (χ1) is 26.5. The molecule has 4 aliphatic rings. The van der Waals surface area contributed by atoms with Crippen LogP contribution in [0.2, 0.25) is 0 Å². The molecule has 56 heavy (non-hydrogen) atoms. The Kier molecular flexibility index (Phi) is 17.1. The van der Waals surface area contributed by atoms with Crippen LogP contribution in [0.25, 0.3) is 0 Å². The van der Waals surface area contributed by atoms with E-state index in [-0.39, 0.29) is 49.7 Å². The first-order valence-corrected chi connectivity index (χ1v) is 21.0. The van der Waals surface area contributed by atoms with Gasteiger partial charge in [0.25, 0.3) is 11.7 Å². The maximum absolute atomic E-state index is 14.3. The van der Waals surface area contributed by atoms with Crippen LogP contribution in [0.4, 0.5) is 0 Å². The van der Waals surface area contributed by atoms with Crippen molar-refractivity contribution in [3.63, 3.8) is 0 Å². The molecule has 3 fully saturated rings. The number of rotatable bonds is 6. The highest BCUT2D eigenvalue weighted by molar-refractivity contribution is 6.39. The van der Waals surface area contributed by atoms with Gasteiger partial charge in [0.05, 0.1) is 24.4 Å². The van der Waals surface area contributed by atoms with Gasteiger partial charge in [0.15, 0.2) is 0 Å². The molecule has 1 amide bonds. The van der Waals surface area contributed by atoms with Gasteiger partial charge in [-0.05, 0) is 113 Å². The number of aliphatic hydroxyl groups is 3. The largest absolute Gasteiger partial charge is 0.456 e. The number of hydrogen-bond donors (Lipinski definition) is 4. The summed E-state index contributed by atoms with van der Waals surface area (Å²) < 4.78 is 24.4. The highest BCUT2D eigenvalue weighted by atomic mass is 16.7. The Bertz CT molecular complexity index is 1450. The minimum Gasteiger partial charge on any atom is -0.456 e. The average Bonchev–Trinajstić information content (AvgIpc) is 3.17. The molecule has 0 spiro atoms. The highest BCUT2D eigenvalue weighted by Gasteiger charge is 2.56. The lowest BCUT2D eigenvalue weighted by atomic mass is 9.81. The van der Waals surface area contributed by atoms with Crippen molar-refractivity contribution < 1.29 is 48.7 Å². The van der Waals surface area contributed by atoms with E-state index in [1.807, 2.05) is 32.9 Å². The highest BCUT2D eigenvalue weighted by Crippen LogP contribution is 2.39. The molecule has 0 aromatic carbocycles. The number of hydrogen-bond acceptors (Lipinski definition) is 11. The van der Waals surface area contributed by atoms with Crippen molar-refractivity contribution in [3.8, 4) is 0 Å². The fraction of sp³-hybridized carbons (Fsp3) is 0.773. The Labute approximate surface area is 334 Å². The number of esters is 1. The summed E-state index contributed by atoms with van der Waals surface area (Å²) in [6.45, 7) is 11.6. The Hall–Kier alpha value is -2.74. The number of nitrogens with zero attached hydrogens (tertiary/aromatic N) is 1. The third-order valence-electron chi connectivity index (χ3n) is 12.7. The number of carbonyl (C=O) groups excluding carboxylic acids is 3. The summed E-state index contributed by atoms with van der Waals surface area (Å²) in [5.41, 5.74) is 1.87. The monoisotopic (exact) mass is 787 g/mol. The molecule has 12 heteroatoms. The lowest BCUT2D eigenvalue weighted by Gasteiger charge is -2.47. The molecular formula is C44H70N2O10. The molecule has 3 heterocycles. The lowest BCUT2D eigenvalue weighted by Crippen LogP contribution is -2.64. The van der Waals surface area contributed by atoms with Crippen LogP contribution >= 0.6 is 0 Å². The number of aliphatic hydroxyl groups excluding tert-OH is 2. The van der Waals surface area contributed by atoms with E-state index >= 15 is 0 Å². The molecule has 12 nitrogen and oxygen atoms in total. The molecule has 2 saturated heterocycles. The van der Waals surface area contributed by atoms with Gasteiger partial charge in [0, 0.05) is 44.7 Å². The number of Topliss-reactive ketones (excluding diaryl/α,β-unsaturated/α-hetero) is 1. The smallest absolute Gasteiger partial charge is 0.329 e. The number of allylic oxidation sites excluding steroid dienone is 5. The number of methoxy groups -OCH3 is 2. The molecule has 4 rings (SSSR count). The molecule has 4 N–H and O–H groups in total. The molecule has 11 atom stereocenters. The maximum Gasteiger partial charge on any atom is 0.329 e. The van der Waals surface area contributed by atoms with E-state index in [1.165, 1.54) is 4.90 Å². The molecule has 0 aromatic rings. The van der Waals surface area contributed by atoms with E-state index in [2.05, 4.69) is 26.0 Å². The van der Waals surface area contributed by atoms with Gasteiger partial charge in [-0.3, -0.25) is 9.59 Å². The van der Waals surface area contributed by atoms with Crippen molar-refractivity contribution in [1.82, 2.24) is 4.90 Å². The topological polar surface area (TPSA) is 176 Å². The van der Waals surface area contributed by atoms with Crippen molar-refractivity contribution in [3.05, 3.63) is 35.5 Å². The summed E-state index contributed by atoms with van der Waals surface area (Å²) in [7, 11) is 3.10. The number of ketones is 1. The SMILES string of the molecule is CC=CC/C1=C\C(C)CC(C)CC(OC)C2OC(O)(C(=O)C(=O)N3CCCCC3C(=O)OC(C(C)=CC3CCC(O)CC3)C(C)C(O)CC1=N)C(C)CC2OC. The van der Waals surface area contributed by atoms with E-state index in [1.54, 1.807) is 21.1 Å². The van der Waals surface area contributed by atoms with Gasteiger partial charge in [0.1, 0.15) is 18.2 Å². The summed E-state index contributed by atoms with van der Waals surface area (Å²) in [4.78, 5) is 43.9. The van der Waals surface area contributed by atoms with Gasteiger partial charge >= 0.3 is 5.97 Å². The molecule has 1 saturated carbocycles. The van der Waals surface area contributed by atoms with Crippen LogP contribution in [0, 0.1) is 35.0 Å². The Morgan fingerprint density at radius 3 is 2.29 bits per heavy atom. The van der Waals surface area contributed by atoms with Crippen LogP contribution in [-0.4, -0.2) is 113 Å². The second kappa shape index (κ2) is 20.8. The van der Waals surface area contributed by atoms with E-state index in [0.717, 1.165) is 30.4 Å². The van der Waals surface area contributed by atoms with Crippen LogP contribution in [0.3, 0.4) is 0 Å². The minimum atomic E-state index is -2.48. The molecule has 11 unspecified atom stereocenters. The third-order valence-corrected chi connectivity index (χ3v) is 12.7. The summed E-state index contributed by atoms with van der Waals surface area (Å²) in [5.74, 6) is -6.44. The van der Waals surface area contributed by atoms with E-state index in [9.17, 15) is 35.1 Å². The molecule has 1 aliphatic carbocycles. The molecular weight excluding hydrogens is 716 g/mol. The van der Waals surface area contributed by atoms with E-state index in [4.69, 9.17) is 18.9 Å². The standard InChI is InChI=1S/C44H70N2O10/c1-9-10-13-32-21-26(2)20-27(3)22-37(53-7)40-38(54-8)24-29(5)44(52,56-40)41(49)42(50)46-19-12-11-14-35(46)43(51)55-39(30(6)36(48)25-34(32)45)28(4)23-31-15-17-33(47)18-16-31/h9-10,21,23,26-27,29-31,33,35-40,45,47-48,52H,11-20,22,24-25H2,1-8H3/b10-9?,28-23?,32-21+,45-34?. The number of nitrogens with one attached hydrogen (secondary N) is 1. The van der Waals surface area contributed by atoms with Gasteiger partial charge in [-0.25, -0.2) is 4.79 Å². The fourth-order valence-corrected chi connectivity index (χ4v) is 9.29. The first-order valence-electron chi connectivity index (χ1n) is 21.0. The zero-order chi connectivity index (χ0) is 41.3. The Balaban J connectivity index is 1.78. The Morgan fingerprint density at radius 1 is 0.982 bits per heavy atom. The van der Waals surface area contributed by atoms with Crippen LogP contribution in [0.15, 0.2) is 35.5 Å². The van der Waals surface area contributed by atoms with Crippen molar-refractivity contribution in [2.45, 2.75) is 167 Å². The zero-order valence-electron chi connectivity index (χ0n) is 35.1. The molecule has 0 aromatic heterocycles. The number of ether oxygens (including phenoxy) is 4. The van der Waals surface area contributed by atoms with Crippen LogP contribution in [0.5, 0.6) is 0 Å². The quantitative estimate of drug-likeness (QED) is 0.145. The average molecular weight is 787 g/mol. The van der Waals surface area contributed by atoms with Crippen LogP contribution < -0.4 is 0 Å². The van der Waals surface area contributed by atoms with E-state index < -0.39 is 71.8 Å². The summed E-state index contributed by atoms with van der Waals surface area (Å²) >= 11 is 0. The van der Waals surface area contributed by atoms with Crippen molar-refractivity contribution in [2.75, 3.05) is 20.8 Å². The number of cyclic esters (lactones) is 1. The molecule has 2 bridgehead atoms. The Morgan fingerprint density at radius 2 is 1.64 bits per heavy atom.